The summed E-state index contributed by atoms with van der Waals surface area (Å²) in [6.45, 7) is 6.51. The van der Waals surface area contributed by atoms with E-state index in [1.165, 1.54) is 0 Å². The molecule has 2 atom stereocenters. The molecule has 0 rings (SSSR count). The Morgan fingerprint density at radius 2 is 2.00 bits per heavy atom. The molecule has 2 unspecified atom stereocenters. The van der Waals surface area contributed by atoms with Crippen molar-refractivity contribution in [3.63, 3.8) is 0 Å². The lowest BCUT2D eigenvalue weighted by molar-refractivity contribution is -0.144. The third-order valence-corrected chi connectivity index (χ3v) is 2.26. The second-order valence-corrected chi connectivity index (χ2v) is 3.45. The van der Waals surface area contributed by atoms with E-state index in [-0.39, 0.29) is 5.97 Å². The Hall–Kier alpha value is -0.570. The van der Waals surface area contributed by atoms with Gasteiger partial charge < -0.3 is 10.5 Å². The van der Waals surface area contributed by atoms with Crippen LogP contribution in [0.25, 0.3) is 0 Å². The zero-order chi connectivity index (χ0) is 10.3. The smallest absolute Gasteiger partial charge is 0.322 e. The van der Waals surface area contributed by atoms with Gasteiger partial charge in [0.1, 0.15) is 6.04 Å². The molecule has 0 spiro atoms. The second kappa shape index (κ2) is 6.89. The van der Waals surface area contributed by atoms with Gasteiger partial charge in [0.05, 0.1) is 6.61 Å². The number of ether oxygens (including phenoxy) is 1. The van der Waals surface area contributed by atoms with Crippen molar-refractivity contribution in [3.8, 4) is 0 Å². The standard InChI is InChI=1S/C10H21NO2/c1-4-8(3)6-7-9(11)10(12)13-5-2/h8-9H,4-7,11H2,1-3H3. The number of rotatable bonds is 6. The summed E-state index contributed by atoms with van der Waals surface area (Å²) in [5.41, 5.74) is 5.63. The van der Waals surface area contributed by atoms with Crippen molar-refractivity contribution in [3.05, 3.63) is 0 Å². The van der Waals surface area contributed by atoms with E-state index in [9.17, 15) is 4.79 Å². The number of carbonyl (C=O) groups excluding carboxylic acids is 1. The predicted octanol–water partition coefficient (Wildman–Crippen LogP) is 1.70. The molecule has 0 aliphatic carbocycles. The van der Waals surface area contributed by atoms with Gasteiger partial charge in [0.2, 0.25) is 0 Å². The highest BCUT2D eigenvalue weighted by Gasteiger charge is 2.14. The minimum absolute atomic E-state index is 0.272. The molecule has 0 aromatic rings. The molecule has 0 fully saturated rings. The van der Waals surface area contributed by atoms with E-state index in [0.717, 1.165) is 19.3 Å². The van der Waals surface area contributed by atoms with Crippen molar-refractivity contribution in [2.45, 2.75) is 46.1 Å². The zero-order valence-electron chi connectivity index (χ0n) is 8.88. The summed E-state index contributed by atoms with van der Waals surface area (Å²) < 4.78 is 4.81. The summed E-state index contributed by atoms with van der Waals surface area (Å²) in [7, 11) is 0. The third kappa shape index (κ3) is 5.64. The maximum absolute atomic E-state index is 11.1. The number of carbonyl (C=O) groups is 1. The molecule has 0 aliphatic heterocycles. The largest absolute Gasteiger partial charge is 0.465 e. The van der Waals surface area contributed by atoms with E-state index in [2.05, 4.69) is 13.8 Å². The van der Waals surface area contributed by atoms with Crippen molar-refractivity contribution in [1.82, 2.24) is 0 Å². The Bertz CT molecular complexity index is 148. The molecule has 3 nitrogen and oxygen atoms in total. The number of hydrogen-bond acceptors (Lipinski definition) is 3. The van der Waals surface area contributed by atoms with E-state index in [1.807, 2.05) is 0 Å². The summed E-state index contributed by atoms with van der Waals surface area (Å²) in [6, 6.07) is -0.436. The van der Waals surface area contributed by atoms with Crippen LogP contribution in [-0.2, 0) is 9.53 Å². The lowest BCUT2D eigenvalue weighted by Gasteiger charge is -2.12. The summed E-state index contributed by atoms with van der Waals surface area (Å²) in [6.07, 6.45) is 2.86. The number of hydrogen-bond donors (Lipinski definition) is 1. The molecular formula is C10H21NO2. The predicted molar refractivity (Wildman–Crippen MR) is 53.3 cm³/mol. The highest BCUT2D eigenvalue weighted by Crippen LogP contribution is 2.10. The molecule has 0 aliphatic rings. The topological polar surface area (TPSA) is 52.3 Å². The van der Waals surface area contributed by atoms with Gasteiger partial charge in [-0.3, -0.25) is 4.79 Å². The first-order chi connectivity index (χ1) is 6.11. The molecular weight excluding hydrogens is 166 g/mol. The van der Waals surface area contributed by atoms with Crippen LogP contribution in [0.1, 0.15) is 40.0 Å². The van der Waals surface area contributed by atoms with E-state index in [0.29, 0.717) is 12.5 Å². The fourth-order valence-corrected chi connectivity index (χ4v) is 1.04. The highest BCUT2D eigenvalue weighted by atomic mass is 16.5. The molecule has 0 aromatic carbocycles. The van der Waals surface area contributed by atoms with Crippen molar-refractivity contribution in [1.29, 1.82) is 0 Å². The summed E-state index contributed by atoms with van der Waals surface area (Å²) >= 11 is 0. The van der Waals surface area contributed by atoms with E-state index >= 15 is 0 Å². The van der Waals surface area contributed by atoms with Crippen LogP contribution in [0.5, 0.6) is 0 Å². The molecule has 3 heteroatoms. The first kappa shape index (κ1) is 12.4. The molecule has 2 N–H and O–H groups in total. The Labute approximate surface area is 80.6 Å². The Kier molecular flexibility index (Phi) is 6.59. The Morgan fingerprint density at radius 1 is 1.38 bits per heavy atom. The van der Waals surface area contributed by atoms with E-state index < -0.39 is 6.04 Å². The van der Waals surface area contributed by atoms with Gasteiger partial charge in [-0.15, -0.1) is 0 Å². The summed E-state index contributed by atoms with van der Waals surface area (Å²) in [5, 5.41) is 0. The molecule has 78 valence electrons. The Morgan fingerprint density at radius 3 is 2.46 bits per heavy atom. The fraction of sp³-hybridized carbons (Fsp3) is 0.900. The van der Waals surface area contributed by atoms with Crippen molar-refractivity contribution in [2.24, 2.45) is 11.7 Å². The minimum atomic E-state index is -0.436. The van der Waals surface area contributed by atoms with Crippen molar-refractivity contribution >= 4 is 5.97 Å². The van der Waals surface area contributed by atoms with Crippen LogP contribution in [-0.4, -0.2) is 18.6 Å². The van der Waals surface area contributed by atoms with E-state index in [4.69, 9.17) is 10.5 Å². The van der Waals surface area contributed by atoms with Crippen LogP contribution >= 0.6 is 0 Å². The van der Waals surface area contributed by atoms with Crippen LogP contribution in [0.3, 0.4) is 0 Å². The van der Waals surface area contributed by atoms with Gasteiger partial charge in [-0.2, -0.15) is 0 Å². The third-order valence-electron chi connectivity index (χ3n) is 2.26. The molecule has 0 radical (unpaired) electrons. The summed E-state index contributed by atoms with van der Waals surface area (Å²) in [5.74, 6) is 0.367. The summed E-state index contributed by atoms with van der Waals surface area (Å²) in [4.78, 5) is 11.1. The number of nitrogens with two attached hydrogens (primary N) is 1. The average molecular weight is 187 g/mol. The SMILES string of the molecule is CCOC(=O)C(N)CCC(C)CC. The van der Waals surface area contributed by atoms with Crippen LogP contribution < -0.4 is 5.73 Å². The monoisotopic (exact) mass is 187 g/mol. The lowest BCUT2D eigenvalue weighted by atomic mass is 10.00. The molecule has 13 heavy (non-hydrogen) atoms. The molecule has 0 aromatic heterocycles. The molecule has 0 saturated carbocycles. The Balaban J connectivity index is 3.60. The van der Waals surface area contributed by atoms with Gasteiger partial charge in [-0.25, -0.2) is 0 Å². The zero-order valence-corrected chi connectivity index (χ0v) is 8.88. The molecule has 0 bridgehead atoms. The van der Waals surface area contributed by atoms with Crippen LogP contribution in [0.15, 0.2) is 0 Å². The van der Waals surface area contributed by atoms with Gasteiger partial charge in [-0.1, -0.05) is 20.3 Å². The van der Waals surface area contributed by atoms with Crippen LogP contribution in [0, 0.1) is 5.92 Å². The second-order valence-electron chi connectivity index (χ2n) is 3.45. The maximum atomic E-state index is 11.1. The van der Waals surface area contributed by atoms with Gasteiger partial charge in [0.25, 0.3) is 0 Å². The van der Waals surface area contributed by atoms with Gasteiger partial charge >= 0.3 is 5.97 Å². The molecule has 0 saturated heterocycles. The average Bonchev–Trinajstić information content (AvgIpc) is 2.13. The molecule has 0 heterocycles. The van der Waals surface area contributed by atoms with Gasteiger partial charge in [0.15, 0.2) is 0 Å². The lowest BCUT2D eigenvalue weighted by Crippen LogP contribution is -2.32. The molecule has 0 amide bonds. The fourth-order valence-electron chi connectivity index (χ4n) is 1.04. The van der Waals surface area contributed by atoms with Gasteiger partial charge in [0, 0.05) is 0 Å². The minimum Gasteiger partial charge on any atom is -0.465 e. The quantitative estimate of drug-likeness (QED) is 0.644. The first-order valence-corrected chi connectivity index (χ1v) is 5.04. The highest BCUT2D eigenvalue weighted by molar-refractivity contribution is 5.75. The van der Waals surface area contributed by atoms with Crippen LogP contribution in [0.2, 0.25) is 0 Å². The van der Waals surface area contributed by atoms with Gasteiger partial charge in [-0.05, 0) is 25.7 Å². The maximum Gasteiger partial charge on any atom is 0.322 e. The van der Waals surface area contributed by atoms with Crippen molar-refractivity contribution in [2.75, 3.05) is 6.61 Å². The van der Waals surface area contributed by atoms with Crippen LogP contribution in [0.4, 0.5) is 0 Å². The normalized spacial score (nSPS) is 15.1. The van der Waals surface area contributed by atoms with E-state index in [1.54, 1.807) is 6.92 Å². The first-order valence-electron chi connectivity index (χ1n) is 5.04. The number of esters is 1. The van der Waals surface area contributed by atoms with Crippen molar-refractivity contribution < 1.29 is 9.53 Å².